The summed E-state index contributed by atoms with van der Waals surface area (Å²) in [6, 6.07) is 10.4. The average Bonchev–Trinajstić information content (AvgIpc) is 2.54. The van der Waals surface area contributed by atoms with Crippen LogP contribution in [0.15, 0.2) is 48.5 Å². The maximum atomic E-state index is 12.1. The van der Waals surface area contributed by atoms with Gasteiger partial charge in [0.2, 0.25) is 0 Å². The van der Waals surface area contributed by atoms with Crippen molar-refractivity contribution >= 4 is 17.8 Å². The van der Waals surface area contributed by atoms with Gasteiger partial charge in [-0.15, -0.1) is 13.2 Å². The highest BCUT2D eigenvalue weighted by atomic mass is 19.4. The van der Waals surface area contributed by atoms with Crippen LogP contribution >= 0.6 is 0 Å². The van der Waals surface area contributed by atoms with E-state index in [2.05, 4.69) is 20.1 Å². The minimum atomic E-state index is -4.77. The van der Waals surface area contributed by atoms with Crippen LogP contribution in [0.25, 0.3) is 0 Å². The van der Waals surface area contributed by atoms with Crippen molar-refractivity contribution in [2.45, 2.75) is 12.9 Å². The summed E-state index contributed by atoms with van der Waals surface area (Å²) in [5.74, 6) is -0.117. The highest BCUT2D eigenvalue weighted by molar-refractivity contribution is 5.89. The summed E-state index contributed by atoms with van der Waals surface area (Å²) in [5.41, 5.74) is 5.91. The number of ether oxygens (including phenoxy) is 2. The molecule has 2 rings (SSSR count). The molecule has 0 saturated heterocycles. The van der Waals surface area contributed by atoms with Crippen molar-refractivity contribution < 1.29 is 32.2 Å². The number of carbonyl (C=O) groups excluding carboxylic acids is 2. The van der Waals surface area contributed by atoms with Crippen molar-refractivity contribution in [3.8, 4) is 11.5 Å². The van der Waals surface area contributed by atoms with Crippen LogP contribution in [0.4, 0.5) is 28.4 Å². The van der Waals surface area contributed by atoms with Crippen molar-refractivity contribution in [3.63, 3.8) is 0 Å². The number of urea groups is 1. The van der Waals surface area contributed by atoms with Crippen LogP contribution in [0.5, 0.6) is 11.5 Å². The third-order valence-electron chi connectivity index (χ3n) is 2.94. The lowest BCUT2D eigenvalue weighted by Gasteiger charge is -2.10. The highest BCUT2D eigenvalue weighted by Gasteiger charge is 2.30. The first-order chi connectivity index (χ1) is 12.2. The van der Waals surface area contributed by atoms with Crippen LogP contribution in [-0.2, 0) is 6.54 Å². The van der Waals surface area contributed by atoms with Crippen molar-refractivity contribution in [1.29, 1.82) is 0 Å². The lowest BCUT2D eigenvalue weighted by atomic mass is 10.2. The molecule has 0 heterocycles. The summed E-state index contributed by atoms with van der Waals surface area (Å²) in [6.45, 7) is 0.179. The maximum absolute atomic E-state index is 12.1. The Labute approximate surface area is 145 Å². The molecule has 2 aromatic rings. The molecule has 3 amide bonds. The Morgan fingerprint density at radius 3 is 2.08 bits per heavy atom. The molecule has 0 fully saturated rings. The first kappa shape index (κ1) is 18.9. The molecule has 2 aromatic carbocycles. The second-order valence-corrected chi connectivity index (χ2v) is 4.94. The first-order valence-corrected chi connectivity index (χ1v) is 7.18. The molecule has 0 unspecified atom stereocenters. The van der Waals surface area contributed by atoms with Crippen LogP contribution in [0.2, 0.25) is 0 Å². The third-order valence-corrected chi connectivity index (χ3v) is 2.94. The molecule has 138 valence electrons. The number of rotatable bonds is 5. The van der Waals surface area contributed by atoms with Gasteiger partial charge >= 0.3 is 18.5 Å². The largest absolute Gasteiger partial charge is 0.573 e. The predicted octanol–water partition coefficient (Wildman–Crippen LogP) is 3.36. The molecule has 0 saturated carbocycles. The quantitative estimate of drug-likeness (QED) is 0.752. The van der Waals surface area contributed by atoms with E-state index >= 15 is 0 Å². The molecule has 7 nitrogen and oxygen atoms in total. The number of benzene rings is 2. The van der Waals surface area contributed by atoms with Gasteiger partial charge in [0.05, 0.1) is 0 Å². The van der Waals surface area contributed by atoms with Crippen LogP contribution in [-0.4, -0.2) is 18.5 Å². The van der Waals surface area contributed by atoms with Crippen molar-refractivity contribution in [1.82, 2.24) is 5.32 Å². The molecule has 10 heteroatoms. The number of nitrogens with one attached hydrogen (secondary N) is 2. The number of hydrogen-bond donors (Lipinski definition) is 3. The number of anilines is 1. The molecule has 0 aromatic heterocycles. The molecular formula is C16H14F3N3O4. The molecule has 0 aliphatic rings. The fourth-order valence-corrected chi connectivity index (χ4v) is 1.89. The Kier molecular flexibility index (Phi) is 5.89. The smallest absolute Gasteiger partial charge is 0.411 e. The SMILES string of the molecule is NC(=O)Oc1ccc(CNC(=O)Nc2ccc(OC(F)(F)F)cc2)cc1. The Hall–Kier alpha value is -3.43. The Bertz CT molecular complexity index is 762. The van der Waals surface area contributed by atoms with E-state index in [1.165, 1.54) is 24.3 Å². The zero-order chi connectivity index (χ0) is 19.2. The van der Waals surface area contributed by atoms with Gasteiger partial charge in [0, 0.05) is 12.2 Å². The monoisotopic (exact) mass is 369 g/mol. The van der Waals surface area contributed by atoms with Gasteiger partial charge in [0.15, 0.2) is 0 Å². The van der Waals surface area contributed by atoms with Gasteiger partial charge in [-0.2, -0.15) is 0 Å². The molecule has 26 heavy (non-hydrogen) atoms. The standard InChI is InChI=1S/C16H14F3N3O4/c17-16(18,19)26-13-7-3-11(4-8-13)22-15(24)21-9-10-1-5-12(6-2-10)25-14(20)23/h1-8H,9H2,(H2,20,23)(H2,21,22,24). The van der Waals surface area contributed by atoms with E-state index in [0.717, 1.165) is 17.7 Å². The number of amides is 3. The summed E-state index contributed by atoms with van der Waals surface area (Å²) in [5, 5.41) is 5.03. The second kappa shape index (κ2) is 8.10. The second-order valence-electron chi connectivity index (χ2n) is 4.94. The minimum Gasteiger partial charge on any atom is -0.411 e. The first-order valence-electron chi connectivity index (χ1n) is 7.18. The highest BCUT2D eigenvalue weighted by Crippen LogP contribution is 2.23. The van der Waals surface area contributed by atoms with Crippen LogP contribution in [0.1, 0.15) is 5.56 Å². The van der Waals surface area contributed by atoms with Gasteiger partial charge in [-0.3, -0.25) is 0 Å². The lowest BCUT2D eigenvalue weighted by molar-refractivity contribution is -0.274. The minimum absolute atomic E-state index is 0.179. The van der Waals surface area contributed by atoms with E-state index in [0.29, 0.717) is 5.69 Å². The van der Waals surface area contributed by atoms with Crippen LogP contribution in [0.3, 0.4) is 0 Å². The third kappa shape index (κ3) is 6.59. The van der Waals surface area contributed by atoms with Gasteiger partial charge in [-0.05, 0) is 42.0 Å². The summed E-state index contributed by atoms with van der Waals surface area (Å²) in [7, 11) is 0. The number of primary amides is 1. The van der Waals surface area contributed by atoms with Crippen molar-refractivity contribution in [3.05, 3.63) is 54.1 Å². The number of nitrogens with two attached hydrogens (primary N) is 1. The van der Waals surface area contributed by atoms with Gasteiger partial charge in [0.25, 0.3) is 0 Å². The van der Waals surface area contributed by atoms with Gasteiger partial charge < -0.3 is 25.8 Å². The van der Waals surface area contributed by atoms with Crippen molar-refractivity contribution in [2.24, 2.45) is 5.73 Å². The molecule has 0 bridgehead atoms. The lowest BCUT2D eigenvalue weighted by Crippen LogP contribution is -2.28. The van der Waals surface area contributed by atoms with E-state index in [4.69, 9.17) is 5.73 Å². The van der Waals surface area contributed by atoms with Gasteiger partial charge in [-0.1, -0.05) is 12.1 Å². The Balaban J connectivity index is 1.82. The number of halogens is 3. The molecule has 0 aliphatic carbocycles. The van der Waals surface area contributed by atoms with E-state index in [9.17, 15) is 22.8 Å². The number of hydrogen-bond acceptors (Lipinski definition) is 4. The number of alkyl halides is 3. The number of carbonyl (C=O) groups is 2. The fourth-order valence-electron chi connectivity index (χ4n) is 1.89. The van der Waals surface area contributed by atoms with E-state index < -0.39 is 18.5 Å². The molecule has 0 spiro atoms. The molecule has 0 atom stereocenters. The summed E-state index contributed by atoms with van der Waals surface area (Å²) in [6.07, 6.45) is -5.70. The Morgan fingerprint density at radius 1 is 0.962 bits per heavy atom. The van der Waals surface area contributed by atoms with E-state index in [-0.39, 0.29) is 18.0 Å². The topological polar surface area (TPSA) is 103 Å². The van der Waals surface area contributed by atoms with Crippen LogP contribution in [0, 0.1) is 0 Å². The van der Waals surface area contributed by atoms with Gasteiger partial charge in [-0.25, -0.2) is 9.59 Å². The Morgan fingerprint density at radius 2 is 1.54 bits per heavy atom. The predicted molar refractivity (Wildman–Crippen MR) is 85.6 cm³/mol. The normalized spacial score (nSPS) is 10.7. The molecular weight excluding hydrogens is 355 g/mol. The zero-order valence-corrected chi connectivity index (χ0v) is 13.2. The molecule has 0 aliphatic heterocycles. The summed E-state index contributed by atoms with van der Waals surface area (Å²) < 4.78 is 44.6. The van der Waals surface area contributed by atoms with Crippen molar-refractivity contribution in [2.75, 3.05) is 5.32 Å². The zero-order valence-electron chi connectivity index (χ0n) is 13.2. The van der Waals surface area contributed by atoms with Crippen LogP contribution < -0.4 is 25.8 Å². The van der Waals surface area contributed by atoms with E-state index in [1.54, 1.807) is 12.1 Å². The summed E-state index contributed by atoms with van der Waals surface area (Å²) >= 11 is 0. The van der Waals surface area contributed by atoms with Gasteiger partial charge in [0.1, 0.15) is 11.5 Å². The molecule has 4 N–H and O–H groups in total. The summed E-state index contributed by atoms with van der Waals surface area (Å²) in [4.78, 5) is 22.4. The average molecular weight is 369 g/mol. The van der Waals surface area contributed by atoms with E-state index in [1.807, 2.05) is 0 Å². The fraction of sp³-hybridized carbons (Fsp3) is 0.125. The maximum Gasteiger partial charge on any atom is 0.573 e. The molecule has 0 radical (unpaired) electrons.